The predicted molar refractivity (Wildman–Crippen MR) is 307 cm³/mol. The standard InChI is InChI=1S/C70H46N2/c1-4-19-49(20-5-1)68-63-29-13-12-28-61(63)62-42-38-52(46-65(62)69(68)50-21-6-2-7-22-50)51-23-16-26-56(44-51)71(57-41-43-59-53(45-57)35-34-47-18-10-11-27-58(47)59)55-39-36-48(37-40-55)60-31-17-33-67-70(60)64-30-14-15-32-66(64)72(67)54-24-8-3-9-25-54/h1-46H. The lowest BCUT2D eigenvalue weighted by Crippen LogP contribution is -2.10. The first-order valence-electron chi connectivity index (χ1n) is 24.8. The Kier molecular flexibility index (Phi) is 9.89. The van der Waals surface area contributed by atoms with Crippen molar-refractivity contribution < 1.29 is 0 Å². The van der Waals surface area contributed by atoms with Crippen LogP contribution in [-0.2, 0) is 0 Å². The summed E-state index contributed by atoms with van der Waals surface area (Å²) >= 11 is 0. The van der Waals surface area contributed by atoms with E-state index in [0.717, 1.165) is 28.3 Å². The molecule has 0 amide bonds. The van der Waals surface area contributed by atoms with Crippen molar-refractivity contribution in [1.82, 2.24) is 4.57 Å². The van der Waals surface area contributed by atoms with Crippen molar-refractivity contribution in [2.24, 2.45) is 0 Å². The molecule has 0 atom stereocenters. The Morgan fingerprint density at radius 3 is 1.54 bits per heavy atom. The molecule has 1 aromatic heterocycles. The fraction of sp³-hybridized carbons (Fsp3) is 0. The lowest BCUT2D eigenvalue weighted by molar-refractivity contribution is 1.18. The molecule has 0 bridgehead atoms. The van der Waals surface area contributed by atoms with E-state index in [-0.39, 0.29) is 0 Å². The topological polar surface area (TPSA) is 8.17 Å². The molecule has 1 heterocycles. The summed E-state index contributed by atoms with van der Waals surface area (Å²) < 4.78 is 2.39. The molecule has 0 fully saturated rings. The van der Waals surface area contributed by atoms with E-state index in [4.69, 9.17) is 0 Å². The highest BCUT2D eigenvalue weighted by molar-refractivity contribution is 6.22. The summed E-state index contributed by atoms with van der Waals surface area (Å²) in [6, 6.07) is 102. The van der Waals surface area contributed by atoms with Crippen LogP contribution >= 0.6 is 0 Å². The van der Waals surface area contributed by atoms with Gasteiger partial charge in [0.15, 0.2) is 0 Å². The van der Waals surface area contributed by atoms with Gasteiger partial charge in [-0.05, 0) is 154 Å². The molecule has 0 saturated heterocycles. The normalized spacial score (nSPS) is 11.6. The van der Waals surface area contributed by atoms with Gasteiger partial charge in [-0.1, -0.05) is 212 Å². The Labute approximate surface area is 418 Å². The Morgan fingerprint density at radius 2 is 0.764 bits per heavy atom. The van der Waals surface area contributed by atoms with Crippen LogP contribution in [0, 0.1) is 0 Å². The Morgan fingerprint density at radius 1 is 0.250 bits per heavy atom. The molecule has 0 aliphatic rings. The van der Waals surface area contributed by atoms with E-state index in [2.05, 4.69) is 289 Å². The first-order chi connectivity index (χ1) is 35.7. The summed E-state index contributed by atoms with van der Waals surface area (Å²) in [5.74, 6) is 0. The summed E-state index contributed by atoms with van der Waals surface area (Å²) in [5, 5.41) is 12.4. The fourth-order valence-corrected chi connectivity index (χ4v) is 11.5. The van der Waals surface area contributed by atoms with Gasteiger partial charge in [-0.15, -0.1) is 0 Å². The number of benzene rings is 13. The number of fused-ring (bicyclic) bond motifs is 9. The Bertz CT molecular complexity index is 4360. The lowest BCUT2D eigenvalue weighted by Gasteiger charge is -2.27. The van der Waals surface area contributed by atoms with Gasteiger partial charge >= 0.3 is 0 Å². The van der Waals surface area contributed by atoms with Gasteiger partial charge in [0, 0.05) is 33.5 Å². The number of anilines is 3. The number of para-hydroxylation sites is 2. The summed E-state index contributed by atoms with van der Waals surface area (Å²) in [7, 11) is 0. The van der Waals surface area contributed by atoms with Gasteiger partial charge in [0.05, 0.1) is 11.0 Å². The van der Waals surface area contributed by atoms with Crippen molar-refractivity contribution in [3.8, 4) is 50.2 Å². The number of nitrogens with zero attached hydrogens (tertiary/aromatic N) is 2. The first-order valence-corrected chi connectivity index (χ1v) is 24.8. The maximum atomic E-state index is 2.42. The lowest BCUT2D eigenvalue weighted by atomic mass is 9.84. The molecule has 72 heavy (non-hydrogen) atoms. The number of rotatable bonds is 8. The molecule has 0 aliphatic heterocycles. The van der Waals surface area contributed by atoms with E-state index in [1.807, 2.05) is 0 Å². The van der Waals surface area contributed by atoms with Crippen LogP contribution in [0.4, 0.5) is 17.1 Å². The molecule has 14 rings (SSSR count). The summed E-state index contributed by atoms with van der Waals surface area (Å²) in [6.07, 6.45) is 0. The molecule has 14 aromatic rings. The second kappa shape index (κ2) is 17.2. The molecular weight excluding hydrogens is 869 g/mol. The largest absolute Gasteiger partial charge is 0.310 e. The molecule has 0 radical (unpaired) electrons. The third-order valence-electron chi connectivity index (χ3n) is 14.7. The molecule has 0 unspecified atom stereocenters. The smallest absolute Gasteiger partial charge is 0.0547 e. The average molecular weight is 915 g/mol. The Hall–Kier alpha value is -9.50. The van der Waals surface area contributed by atoms with Gasteiger partial charge in [0.25, 0.3) is 0 Å². The van der Waals surface area contributed by atoms with Crippen LogP contribution in [0.3, 0.4) is 0 Å². The van der Waals surface area contributed by atoms with Crippen molar-refractivity contribution in [3.63, 3.8) is 0 Å². The van der Waals surface area contributed by atoms with Crippen LogP contribution in [0.5, 0.6) is 0 Å². The fourth-order valence-electron chi connectivity index (χ4n) is 11.5. The van der Waals surface area contributed by atoms with E-state index in [0.29, 0.717) is 0 Å². The zero-order chi connectivity index (χ0) is 47.5. The van der Waals surface area contributed by atoms with Crippen molar-refractivity contribution in [3.05, 3.63) is 279 Å². The number of hydrogen-bond acceptors (Lipinski definition) is 1. The second-order valence-electron chi connectivity index (χ2n) is 18.8. The van der Waals surface area contributed by atoms with Crippen LogP contribution in [0.2, 0.25) is 0 Å². The van der Waals surface area contributed by atoms with E-state index in [9.17, 15) is 0 Å². The van der Waals surface area contributed by atoms with Gasteiger partial charge in [0.2, 0.25) is 0 Å². The van der Waals surface area contributed by atoms with Crippen molar-refractivity contribution >= 4 is 82.0 Å². The molecule has 2 heteroatoms. The minimum absolute atomic E-state index is 1.08. The van der Waals surface area contributed by atoms with E-state index in [1.165, 1.54) is 104 Å². The van der Waals surface area contributed by atoms with Gasteiger partial charge in [0.1, 0.15) is 0 Å². The maximum Gasteiger partial charge on any atom is 0.0547 e. The third-order valence-corrected chi connectivity index (χ3v) is 14.7. The van der Waals surface area contributed by atoms with Crippen molar-refractivity contribution in [1.29, 1.82) is 0 Å². The van der Waals surface area contributed by atoms with Gasteiger partial charge in [-0.2, -0.15) is 0 Å². The molecule has 2 nitrogen and oxygen atoms in total. The van der Waals surface area contributed by atoms with Crippen molar-refractivity contribution in [2.45, 2.75) is 0 Å². The zero-order valence-corrected chi connectivity index (χ0v) is 39.5. The van der Waals surface area contributed by atoms with Gasteiger partial charge in [-0.25, -0.2) is 0 Å². The molecule has 13 aromatic carbocycles. The summed E-state index contributed by atoms with van der Waals surface area (Å²) in [6.45, 7) is 0. The molecular formula is C70H46N2. The molecule has 0 spiro atoms. The monoisotopic (exact) mass is 914 g/mol. The van der Waals surface area contributed by atoms with Crippen LogP contribution in [0.1, 0.15) is 0 Å². The molecule has 0 N–H and O–H groups in total. The quantitative estimate of drug-likeness (QED) is 0.138. The third kappa shape index (κ3) is 6.88. The average Bonchev–Trinajstić information content (AvgIpc) is 3.80. The van der Waals surface area contributed by atoms with Gasteiger partial charge < -0.3 is 9.47 Å². The van der Waals surface area contributed by atoms with Crippen molar-refractivity contribution in [2.75, 3.05) is 4.90 Å². The minimum Gasteiger partial charge on any atom is -0.310 e. The van der Waals surface area contributed by atoms with E-state index >= 15 is 0 Å². The minimum atomic E-state index is 1.08. The van der Waals surface area contributed by atoms with Crippen LogP contribution in [0.25, 0.3) is 115 Å². The molecule has 336 valence electrons. The van der Waals surface area contributed by atoms with Crippen LogP contribution in [-0.4, -0.2) is 4.57 Å². The van der Waals surface area contributed by atoms with Crippen LogP contribution < -0.4 is 4.90 Å². The summed E-state index contributed by atoms with van der Waals surface area (Å²) in [5.41, 5.74) is 16.4. The molecule has 0 aliphatic carbocycles. The highest BCUT2D eigenvalue weighted by atomic mass is 15.1. The highest BCUT2D eigenvalue weighted by Gasteiger charge is 2.21. The zero-order valence-electron chi connectivity index (χ0n) is 39.5. The molecule has 0 saturated carbocycles. The Balaban J connectivity index is 0.939. The second-order valence-corrected chi connectivity index (χ2v) is 18.8. The van der Waals surface area contributed by atoms with Crippen LogP contribution in [0.15, 0.2) is 279 Å². The first kappa shape index (κ1) is 41.5. The SMILES string of the molecule is c1ccc(-c2c(-c3ccccc3)c3cc(-c4cccc(N(c5ccc(-c6cccc7c6c6ccccc6n7-c6ccccc6)cc5)c5ccc6c(ccc7ccccc76)c5)c4)ccc3c3ccccc23)cc1. The van der Waals surface area contributed by atoms with E-state index < -0.39 is 0 Å². The predicted octanol–water partition coefficient (Wildman–Crippen LogP) is 19.5. The maximum absolute atomic E-state index is 2.42. The number of aromatic nitrogens is 1. The number of hydrogen-bond donors (Lipinski definition) is 0. The summed E-state index contributed by atoms with van der Waals surface area (Å²) in [4.78, 5) is 2.42. The van der Waals surface area contributed by atoms with E-state index in [1.54, 1.807) is 0 Å². The highest BCUT2D eigenvalue weighted by Crippen LogP contribution is 2.47. The van der Waals surface area contributed by atoms with Gasteiger partial charge in [-0.3, -0.25) is 0 Å².